The zero-order valence-electron chi connectivity index (χ0n) is 9.20. The molecule has 0 saturated carbocycles. The van der Waals surface area contributed by atoms with E-state index >= 15 is 0 Å². The first kappa shape index (κ1) is 14.4. The predicted octanol–water partition coefficient (Wildman–Crippen LogP) is 0.353. The second-order valence-corrected chi connectivity index (χ2v) is 3.02. The van der Waals surface area contributed by atoms with Gasteiger partial charge in [-0.15, -0.1) is 6.58 Å². The molecule has 0 aromatic carbocycles. The molecule has 0 bridgehead atoms. The third-order valence-corrected chi connectivity index (χ3v) is 1.62. The highest BCUT2D eigenvalue weighted by molar-refractivity contribution is 5.74. The van der Waals surface area contributed by atoms with Gasteiger partial charge in [0.15, 0.2) is 0 Å². The van der Waals surface area contributed by atoms with Crippen molar-refractivity contribution in [3.8, 4) is 0 Å². The van der Waals surface area contributed by atoms with Crippen LogP contribution in [0.3, 0.4) is 0 Å². The Morgan fingerprint density at radius 3 is 2.56 bits per heavy atom. The van der Waals surface area contributed by atoms with Gasteiger partial charge in [0.25, 0.3) is 0 Å². The lowest BCUT2D eigenvalue weighted by Crippen LogP contribution is -2.38. The van der Waals surface area contributed by atoms with Crippen LogP contribution in [0.1, 0.15) is 12.8 Å². The Morgan fingerprint density at radius 2 is 1.94 bits per heavy atom. The summed E-state index contributed by atoms with van der Waals surface area (Å²) in [6.07, 6.45) is 2.46. The molecule has 0 heterocycles. The number of ether oxygens (including phenoxy) is 1. The Labute approximate surface area is 94.7 Å². The van der Waals surface area contributed by atoms with E-state index in [-0.39, 0.29) is 19.0 Å². The maximum Gasteiger partial charge on any atom is 0.314 e. The quantitative estimate of drug-likeness (QED) is 0.394. The number of aliphatic carboxylic acids is 1. The van der Waals surface area contributed by atoms with Crippen LogP contribution < -0.4 is 10.6 Å². The van der Waals surface area contributed by atoms with Crippen LogP contribution in [0.15, 0.2) is 12.7 Å². The van der Waals surface area contributed by atoms with Gasteiger partial charge in [-0.3, -0.25) is 4.79 Å². The molecule has 3 N–H and O–H groups in total. The molecule has 92 valence electrons. The van der Waals surface area contributed by atoms with Crippen LogP contribution in [0.25, 0.3) is 0 Å². The first-order valence-corrected chi connectivity index (χ1v) is 5.09. The van der Waals surface area contributed by atoms with E-state index in [0.29, 0.717) is 19.8 Å². The number of rotatable bonds is 9. The molecule has 0 rings (SSSR count). The fourth-order valence-electron chi connectivity index (χ4n) is 0.851. The molecule has 0 aromatic rings. The number of hydrogen-bond donors (Lipinski definition) is 3. The highest BCUT2D eigenvalue weighted by Crippen LogP contribution is 1.81. The van der Waals surface area contributed by atoms with E-state index in [2.05, 4.69) is 17.2 Å². The Bertz CT molecular complexity index is 231. The molecule has 0 aromatic heterocycles. The summed E-state index contributed by atoms with van der Waals surface area (Å²) in [5.74, 6) is -0.937. The number of nitrogens with one attached hydrogen (secondary N) is 2. The number of carboxylic acid groups (broad SMARTS) is 1. The topological polar surface area (TPSA) is 87.7 Å². The Hall–Kier alpha value is -1.56. The smallest absolute Gasteiger partial charge is 0.314 e. The highest BCUT2D eigenvalue weighted by Gasteiger charge is 2.00. The van der Waals surface area contributed by atoms with Gasteiger partial charge in [-0.25, -0.2) is 4.79 Å². The summed E-state index contributed by atoms with van der Waals surface area (Å²) in [6.45, 7) is 5.09. The van der Waals surface area contributed by atoms with Crippen LogP contribution in [0, 0.1) is 0 Å². The summed E-state index contributed by atoms with van der Waals surface area (Å²) in [6, 6.07) is -0.381. The monoisotopic (exact) mass is 230 g/mol. The minimum Gasteiger partial charge on any atom is -0.481 e. The molecular weight excluding hydrogens is 212 g/mol. The summed E-state index contributed by atoms with van der Waals surface area (Å²) in [5.41, 5.74) is 0. The zero-order valence-corrected chi connectivity index (χ0v) is 9.20. The normalized spacial score (nSPS) is 9.50. The van der Waals surface area contributed by atoms with Crippen molar-refractivity contribution in [1.82, 2.24) is 10.6 Å². The van der Waals surface area contributed by atoms with Crippen LogP contribution in [0.4, 0.5) is 4.79 Å². The third-order valence-electron chi connectivity index (χ3n) is 1.62. The molecule has 6 heteroatoms. The van der Waals surface area contributed by atoms with Crippen LogP contribution in [-0.4, -0.2) is 43.4 Å². The van der Waals surface area contributed by atoms with Gasteiger partial charge >= 0.3 is 12.0 Å². The summed E-state index contributed by atoms with van der Waals surface area (Å²) < 4.78 is 5.16. The highest BCUT2D eigenvalue weighted by atomic mass is 16.5. The molecule has 0 aliphatic carbocycles. The van der Waals surface area contributed by atoms with Gasteiger partial charge in [0.05, 0.1) is 19.6 Å². The van der Waals surface area contributed by atoms with Gasteiger partial charge in [0, 0.05) is 13.1 Å². The van der Waals surface area contributed by atoms with Crippen molar-refractivity contribution in [2.45, 2.75) is 12.8 Å². The average Bonchev–Trinajstić information content (AvgIpc) is 2.22. The largest absolute Gasteiger partial charge is 0.481 e. The van der Waals surface area contributed by atoms with E-state index in [0.717, 1.165) is 6.42 Å². The van der Waals surface area contributed by atoms with Crippen molar-refractivity contribution in [2.24, 2.45) is 0 Å². The maximum absolute atomic E-state index is 11.0. The van der Waals surface area contributed by atoms with Crippen molar-refractivity contribution in [2.75, 3.05) is 26.3 Å². The summed E-state index contributed by atoms with van der Waals surface area (Å²) >= 11 is 0. The molecule has 0 spiro atoms. The fraction of sp³-hybridized carbons (Fsp3) is 0.600. The minimum atomic E-state index is -0.937. The molecule has 0 atom stereocenters. The Balaban J connectivity index is 3.23. The molecule has 0 saturated heterocycles. The molecule has 2 amide bonds. The maximum atomic E-state index is 11.0. The zero-order chi connectivity index (χ0) is 12.2. The first-order chi connectivity index (χ1) is 7.66. The number of hydrogen-bond acceptors (Lipinski definition) is 3. The van der Waals surface area contributed by atoms with Crippen LogP contribution in [-0.2, 0) is 9.53 Å². The lowest BCUT2D eigenvalue weighted by Gasteiger charge is -2.06. The van der Waals surface area contributed by atoms with Gasteiger partial charge < -0.3 is 20.5 Å². The van der Waals surface area contributed by atoms with Crippen molar-refractivity contribution in [3.63, 3.8) is 0 Å². The summed E-state index contributed by atoms with van der Waals surface area (Å²) in [5, 5.41) is 13.3. The van der Waals surface area contributed by atoms with Gasteiger partial charge in [-0.2, -0.15) is 0 Å². The third kappa shape index (κ3) is 10.5. The van der Waals surface area contributed by atoms with Crippen molar-refractivity contribution in [1.29, 1.82) is 0 Å². The van der Waals surface area contributed by atoms with Crippen molar-refractivity contribution < 1.29 is 19.4 Å². The SMILES string of the molecule is C=CCCOCCNC(=O)NCCC(=O)O. The average molecular weight is 230 g/mol. The van der Waals surface area contributed by atoms with Gasteiger partial charge in [-0.05, 0) is 6.42 Å². The molecule has 0 aliphatic rings. The number of carbonyl (C=O) groups is 2. The molecule has 0 unspecified atom stereocenters. The first-order valence-electron chi connectivity index (χ1n) is 5.09. The molecule has 0 fully saturated rings. The van der Waals surface area contributed by atoms with E-state index in [1.54, 1.807) is 6.08 Å². The van der Waals surface area contributed by atoms with Gasteiger partial charge in [0.1, 0.15) is 0 Å². The van der Waals surface area contributed by atoms with E-state index in [1.807, 2.05) is 0 Å². The summed E-state index contributed by atoms with van der Waals surface area (Å²) in [4.78, 5) is 21.2. The van der Waals surface area contributed by atoms with E-state index in [9.17, 15) is 9.59 Å². The van der Waals surface area contributed by atoms with Crippen molar-refractivity contribution in [3.05, 3.63) is 12.7 Å². The van der Waals surface area contributed by atoms with Gasteiger partial charge in [-0.1, -0.05) is 6.08 Å². The second kappa shape index (κ2) is 9.97. The number of carbonyl (C=O) groups excluding carboxylic acids is 1. The van der Waals surface area contributed by atoms with E-state index < -0.39 is 5.97 Å². The number of urea groups is 1. The lowest BCUT2D eigenvalue weighted by atomic mass is 10.4. The Kier molecular flexibility index (Phi) is 9.00. The van der Waals surface area contributed by atoms with Crippen molar-refractivity contribution >= 4 is 12.0 Å². The van der Waals surface area contributed by atoms with Crippen LogP contribution in [0.5, 0.6) is 0 Å². The van der Waals surface area contributed by atoms with E-state index in [1.165, 1.54) is 0 Å². The molecular formula is C10H18N2O4. The fourth-order valence-corrected chi connectivity index (χ4v) is 0.851. The lowest BCUT2D eigenvalue weighted by molar-refractivity contribution is -0.136. The van der Waals surface area contributed by atoms with Crippen LogP contribution >= 0.6 is 0 Å². The van der Waals surface area contributed by atoms with E-state index in [4.69, 9.17) is 9.84 Å². The minimum absolute atomic E-state index is 0.0801. The molecule has 0 aliphatic heterocycles. The standard InChI is InChI=1S/C10H18N2O4/c1-2-3-7-16-8-6-12-10(15)11-5-4-9(13)14/h2H,1,3-8H2,(H,13,14)(H2,11,12,15). The predicted molar refractivity (Wildman–Crippen MR) is 59.3 cm³/mol. The molecule has 6 nitrogen and oxygen atoms in total. The Morgan fingerprint density at radius 1 is 1.25 bits per heavy atom. The van der Waals surface area contributed by atoms with Gasteiger partial charge in [0.2, 0.25) is 0 Å². The van der Waals surface area contributed by atoms with Crippen LogP contribution in [0.2, 0.25) is 0 Å². The second-order valence-electron chi connectivity index (χ2n) is 3.02. The number of amides is 2. The molecule has 16 heavy (non-hydrogen) atoms. The number of carboxylic acids is 1. The summed E-state index contributed by atoms with van der Waals surface area (Å²) in [7, 11) is 0. The molecule has 0 radical (unpaired) electrons.